The van der Waals surface area contributed by atoms with Gasteiger partial charge in [-0.05, 0) is 25.0 Å². The van der Waals surface area contributed by atoms with Gasteiger partial charge in [-0.1, -0.05) is 6.92 Å². The summed E-state index contributed by atoms with van der Waals surface area (Å²) in [7, 11) is 0. The summed E-state index contributed by atoms with van der Waals surface area (Å²) in [4.78, 5) is 0. The van der Waals surface area contributed by atoms with Crippen molar-refractivity contribution in [2.24, 2.45) is 11.7 Å². The minimum Gasteiger partial charge on any atom is -0.469 e. The van der Waals surface area contributed by atoms with Gasteiger partial charge >= 0.3 is 0 Å². The van der Waals surface area contributed by atoms with Gasteiger partial charge in [-0.3, -0.25) is 0 Å². The molecule has 0 aliphatic carbocycles. The smallest absolute Gasteiger partial charge is 0.104 e. The monoisotopic (exact) mass is 153 g/mol. The highest BCUT2D eigenvalue weighted by molar-refractivity contribution is 4.99. The third-order valence-corrected chi connectivity index (χ3v) is 2.00. The number of nitrogens with two attached hydrogens (primary N) is 1. The first kappa shape index (κ1) is 8.34. The fourth-order valence-corrected chi connectivity index (χ4v) is 0.932. The fraction of sp³-hybridized carbons (Fsp3) is 0.556. The Balaban J connectivity index is 2.43. The molecule has 0 radical (unpaired) electrons. The maximum atomic E-state index is 5.71. The van der Waals surface area contributed by atoms with Crippen LogP contribution in [-0.2, 0) is 6.42 Å². The van der Waals surface area contributed by atoms with E-state index in [4.69, 9.17) is 10.2 Å². The molecule has 2 unspecified atom stereocenters. The van der Waals surface area contributed by atoms with Crippen molar-refractivity contribution in [3.8, 4) is 0 Å². The Morgan fingerprint density at radius 3 is 2.73 bits per heavy atom. The van der Waals surface area contributed by atoms with E-state index in [1.807, 2.05) is 19.1 Å². The van der Waals surface area contributed by atoms with Crippen LogP contribution < -0.4 is 5.73 Å². The van der Waals surface area contributed by atoms with Crippen molar-refractivity contribution in [1.29, 1.82) is 0 Å². The van der Waals surface area contributed by atoms with Gasteiger partial charge < -0.3 is 10.2 Å². The van der Waals surface area contributed by atoms with Crippen LogP contribution in [-0.4, -0.2) is 6.04 Å². The molecule has 2 N–H and O–H groups in total. The molecule has 1 heterocycles. The molecule has 1 rings (SSSR count). The Labute approximate surface area is 67.4 Å². The summed E-state index contributed by atoms with van der Waals surface area (Å²) in [6, 6.07) is 4.13. The Morgan fingerprint density at radius 1 is 1.55 bits per heavy atom. The summed E-state index contributed by atoms with van der Waals surface area (Å²) in [5.41, 5.74) is 5.71. The van der Waals surface area contributed by atoms with E-state index in [0.717, 1.165) is 12.2 Å². The Bertz CT molecular complexity index is 191. The van der Waals surface area contributed by atoms with Gasteiger partial charge in [0.1, 0.15) is 5.76 Å². The standard InChI is InChI=1S/C9H15NO/c1-7(8(2)10)6-9-4-3-5-11-9/h3-5,7-8H,6,10H2,1-2H3. The van der Waals surface area contributed by atoms with Gasteiger partial charge in [0.15, 0.2) is 0 Å². The van der Waals surface area contributed by atoms with Crippen molar-refractivity contribution in [1.82, 2.24) is 0 Å². The average molecular weight is 153 g/mol. The molecular formula is C9H15NO. The second-order valence-corrected chi connectivity index (χ2v) is 3.12. The average Bonchev–Trinajstić information content (AvgIpc) is 2.39. The number of rotatable bonds is 3. The van der Waals surface area contributed by atoms with E-state index in [9.17, 15) is 0 Å². The van der Waals surface area contributed by atoms with Crippen molar-refractivity contribution in [2.75, 3.05) is 0 Å². The van der Waals surface area contributed by atoms with Crippen molar-refractivity contribution in [2.45, 2.75) is 26.3 Å². The molecular weight excluding hydrogens is 138 g/mol. The lowest BCUT2D eigenvalue weighted by Crippen LogP contribution is -2.25. The van der Waals surface area contributed by atoms with Crippen molar-refractivity contribution >= 4 is 0 Å². The molecule has 1 aromatic rings. The number of hydrogen-bond donors (Lipinski definition) is 1. The third kappa shape index (κ3) is 2.39. The summed E-state index contributed by atoms with van der Waals surface area (Å²) in [6.45, 7) is 4.15. The predicted molar refractivity (Wildman–Crippen MR) is 45.2 cm³/mol. The largest absolute Gasteiger partial charge is 0.469 e. The highest BCUT2D eigenvalue weighted by atomic mass is 16.3. The molecule has 0 fully saturated rings. The summed E-state index contributed by atoms with van der Waals surface area (Å²) >= 11 is 0. The SMILES string of the molecule is CC(N)C(C)Cc1ccco1. The third-order valence-electron chi connectivity index (χ3n) is 2.00. The predicted octanol–water partition coefficient (Wildman–Crippen LogP) is 1.81. The van der Waals surface area contributed by atoms with Gasteiger partial charge in [0.25, 0.3) is 0 Å². The van der Waals surface area contributed by atoms with Gasteiger partial charge in [0.05, 0.1) is 6.26 Å². The maximum Gasteiger partial charge on any atom is 0.104 e. The summed E-state index contributed by atoms with van der Waals surface area (Å²) in [5, 5.41) is 0. The first-order valence-corrected chi connectivity index (χ1v) is 3.98. The van der Waals surface area contributed by atoms with Crippen LogP contribution in [0, 0.1) is 5.92 Å². The van der Waals surface area contributed by atoms with E-state index in [-0.39, 0.29) is 6.04 Å². The summed E-state index contributed by atoms with van der Waals surface area (Å²) in [5.74, 6) is 1.51. The minimum absolute atomic E-state index is 0.236. The van der Waals surface area contributed by atoms with Crippen molar-refractivity contribution in [3.63, 3.8) is 0 Å². The maximum absolute atomic E-state index is 5.71. The van der Waals surface area contributed by atoms with Crippen LogP contribution >= 0.6 is 0 Å². The Hall–Kier alpha value is -0.760. The van der Waals surface area contributed by atoms with Gasteiger partial charge in [-0.2, -0.15) is 0 Å². The lowest BCUT2D eigenvalue weighted by molar-refractivity contribution is 0.418. The number of furan rings is 1. The minimum atomic E-state index is 0.236. The molecule has 0 amide bonds. The zero-order valence-corrected chi connectivity index (χ0v) is 7.08. The summed E-state index contributed by atoms with van der Waals surface area (Å²) < 4.78 is 5.20. The normalized spacial score (nSPS) is 16.3. The van der Waals surface area contributed by atoms with Crippen LogP contribution in [0.1, 0.15) is 19.6 Å². The van der Waals surface area contributed by atoms with E-state index in [0.29, 0.717) is 5.92 Å². The van der Waals surface area contributed by atoms with Crippen LogP contribution in [0.3, 0.4) is 0 Å². The highest BCUT2D eigenvalue weighted by Gasteiger charge is 2.09. The van der Waals surface area contributed by atoms with Crippen LogP contribution in [0.25, 0.3) is 0 Å². The molecule has 0 aliphatic rings. The highest BCUT2D eigenvalue weighted by Crippen LogP contribution is 2.10. The van der Waals surface area contributed by atoms with Gasteiger partial charge in [-0.15, -0.1) is 0 Å². The van der Waals surface area contributed by atoms with Gasteiger partial charge in [0.2, 0.25) is 0 Å². The van der Waals surface area contributed by atoms with Crippen molar-refractivity contribution < 1.29 is 4.42 Å². The topological polar surface area (TPSA) is 39.2 Å². The molecule has 0 spiro atoms. The van der Waals surface area contributed by atoms with Gasteiger partial charge in [-0.25, -0.2) is 0 Å². The quantitative estimate of drug-likeness (QED) is 0.719. The fourth-order valence-electron chi connectivity index (χ4n) is 0.932. The first-order chi connectivity index (χ1) is 5.20. The first-order valence-electron chi connectivity index (χ1n) is 3.98. The second kappa shape index (κ2) is 3.58. The van der Waals surface area contributed by atoms with Crippen LogP contribution in [0.15, 0.2) is 22.8 Å². The molecule has 0 bridgehead atoms. The van der Waals surface area contributed by atoms with Crippen molar-refractivity contribution in [3.05, 3.63) is 24.2 Å². The summed E-state index contributed by atoms with van der Waals surface area (Å²) in [6.07, 6.45) is 2.63. The lowest BCUT2D eigenvalue weighted by Gasteiger charge is -2.12. The molecule has 2 nitrogen and oxygen atoms in total. The lowest BCUT2D eigenvalue weighted by atomic mass is 9.99. The number of hydrogen-bond acceptors (Lipinski definition) is 2. The van der Waals surface area contributed by atoms with Crippen LogP contribution in [0.5, 0.6) is 0 Å². The zero-order chi connectivity index (χ0) is 8.27. The van der Waals surface area contributed by atoms with E-state index >= 15 is 0 Å². The molecule has 62 valence electrons. The van der Waals surface area contributed by atoms with Crippen LogP contribution in [0.4, 0.5) is 0 Å². The zero-order valence-electron chi connectivity index (χ0n) is 7.08. The van der Waals surface area contributed by atoms with E-state index in [1.165, 1.54) is 0 Å². The molecule has 0 saturated carbocycles. The molecule has 2 atom stereocenters. The van der Waals surface area contributed by atoms with E-state index in [2.05, 4.69) is 6.92 Å². The molecule has 11 heavy (non-hydrogen) atoms. The Morgan fingerprint density at radius 2 is 2.27 bits per heavy atom. The second-order valence-electron chi connectivity index (χ2n) is 3.12. The van der Waals surface area contributed by atoms with E-state index < -0.39 is 0 Å². The Kier molecular flexibility index (Phi) is 2.71. The molecule has 1 aromatic heterocycles. The molecule has 2 heteroatoms. The molecule has 0 saturated heterocycles. The van der Waals surface area contributed by atoms with E-state index in [1.54, 1.807) is 6.26 Å². The molecule has 0 aliphatic heterocycles. The van der Waals surface area contributed by atoms with Crippen LogP contribution in [0.2, 0.25) is 0 Å². The van der Waals surface area contributed by atoms with Gasteiger partial charge in [0, 0.05) is 12.5 Å². The molecule has 0 aromatic carbocycles.